The molecule has 0 bridgehead atoms. The summed E-state index contributed by atoms with van der Waals surface area (Å²) in [6.45, 7) is 9.28. The van der Waals surface area contributed by atoms with Crippen molar-refractivity contribution in [2.45, 2.75) is 40.3 Å². The van der Waals surface area contributed by atoms with Crippen LogP contribution in [0, 0.1) is 13.8 Å². The molecule has 0 aliphatic heterocycles. The van der Waals surface area contributed by atoms with E-state index in [4.69, 9.17) is 4.74 Å². The van der Waals surface area contributed by atoms with Gasteiger partial charge in [0.15, 0.2) is 0 Å². The maximum atomic E-state index is 6.07. The Morgan fingerprint density at radius 3 is 2.48 bits per heavy atom. The van der Waals surface area contributed by atoms with E-state index in [9.17, 15) is 0 Å². The number of hydrogen-bond donors (Lipinski definition) is 1. The molecule has 0 fully saturated rings. The topological polar surface area (TPSA) is 21.3 Å². The fourth-order valence-electron chi connectivity index (χ4n) is 2.00. The van der Waals surface area contributed by atoms with Crippen LogP contribution in [0.4, 0.5) is 0 Å². The molecule has 0 spiro atoms. The predicted molar refractivity (Wildman–Crippen MR) is 92.1 cm³/mol. The summed E-state index contributed by atoms with van der Waals surface area (Å²) >= 11 is 3.53. The average Bonchev–Trinajstić information content (AvgIpc) is 2.43. The van der Waals surface area contributed by atoms with Crippen molar-refractivity contribution < 1.29 is 4.74 Å². The van der Waals surface area contributed by atoms with Gasteiger partial charge < -0.3 is 10.1 Å². The van der Waals surface area contributed by atoms with Crippen LogP contribution in [0.2, 0.25) is 0 Å². The first kappa shape index (κ1) is 16.1. The largest absolute Gasteiger partial charge is 0.457 e. The number of nitrogens with one attached hydrogen (secondary N) is 1. The highest BCUT2D eigenvalue weighted by molar-refractivity contribution is 9.10. The van der Waals surface area contributed by atoms with Crippen LogP contribution >= 0.6 is 15.9 Å². The van der Waals surface area contributed by atoms with Gasteiger partial charge in [0, 0.05) is 22.6 Å². The zero-order valence-electron chi connectivity index (χ0n) is 13.0. The van der Waals surface area contributed by atoms with Crippen LogP contribution in [0.1, 0.15) is 30.5 Å². The van der Waals surface area contributed by atoms with Crippen molar-refractivity contribution in [1.29, 1.82) is 0 Å². The highest BCUT2D eigenvalue weighted by Gasteiger charge is 2.07. The first-order chi connectivity index (χ1) is 9.95. The van der Waals surface area contributed by atoms with Crippen molar-refractivity contribution >= 4 is 15.9 Å². The molecular formula is C18H22BrNO. The highest BCUT2D eigenvalue weighted by atomic mass is 79.9. The van der Waals surface area contributed by atoms with Crippen LogP contribution in [0.5, 0.6) is 11.5 Å². The molecule has 21 heavy (non-hydrogen) atoms. The van der Waals surface area contributed by atoms with E-state index < -0.39 is 0 Å². The maximum absolute atomic E-state index is 6.07. The Bertz CT molecular complexity index is 623. The van der Waals surface area contributed by atoms with E-state index >= 15 is 0 Å². The Hall–Kier alpha value is -1.32. The van der Waals surface area contributed by atoms with Gasteiger partial charge in [-0.15, -0.1) is 0 Å². The number of halogens is 1. The molecule has 1 N–H and O–H groups in total. The van der Waals surface area contributed by atoms with Crippen molar-refractivity contribution in [3.05, 3.63) is 57.6 Å². The Morgan fingerprint density at radius 1 is 1.05 bits per heavy atom. The molecule has 0 aliphatic rings. The maximum Gasteiger partial charge on any atom is 0.131 e. The van der Waals surface area contributed by atoms with E-state index in [1.54, 1.807) is 0 Å². The van der Waals surface area contributed by atoms with Crippen molar-refractivity contribution in [2.24, 2.45) is 0 Å². The monoisotopic (exact) mass is 347 g/mol. The summed E-state index contributed by atoms with van der Waals surface area (Å²) in [5.74, 6) is 1.78. The molecule has 0 heterocycles. The van der Waals surface area contributed by atoms with Crippen LogP contribution in [-0.2, 0) is 6.54 Å². The Kier molecular flexibility index (Phi) is 5.43. The summed E-state index contributed by atoms with van der Waals surface area (Å²) in [5.41, 5.74) is 3.67. The minimum atomic E-state index is 0.443. The lowest BCUT2D eigenvalue weighted by atomic mass is 10.1. The number of hydrogen-bond acceptors (Lipinski definition) is 2. The van der Waals surface area contributed by atoms with Gasteiger partial charge in [0.2, 0.25) is 0 Å². The van der Waals surface area contributed by atoms with Gasteiger partial charge in [-0.2, -0.15) is 0 Å². The van der Waals surface area contributed by atoms with Crippen molar-refractivity contribution in [3.63, 3.8) is 0 Å². The van der Waals surface area contributed by atoms with E-state index in [0.29, 0.717) is 6.04 Å². The average molecular weight is 348 g/mol. The number of rotatable bonds is 5. The molecule has 2 nitrogen and oxygen atoms in total. The quantitative estimate of drug-likeness (QED) is 0.786. The molecule has 0 unspecified atom stereocenters. The lowest BCUT2D eigenvalue weighted by Gasteiger charge is -2.14. The molecule has 0 amide bonds. The van der Waals surface area contributed by atoms with Crippen LogP contribution in [0.25, 0.3) is 0 Å². The van der Waals surface area contributed by atoms with Gasteiger partial charge in [0.05, 0.1) is 0 Å². The van der Waals surface area contributed by atoms with E-state index in [1.165, 1.54) is 11.1 Å². The van der Waals surface area contributed by atoms with Crippen LogP contribution in [0.15, 0.2) is 40.9 Å². The van der Waals surface area contributed by atoms with E-state index in [1.807, 2.05) is 18.2 Å². The fourth-order valence-corrected chi connectivity index (χ4v) is 2.41. The van der Waals surface area contributed by atoms with Crippen LogP contribution < -0.4 is 10.1 Å². The summed E-state index contributed by atoms with van der Waals surface area (Å²) in [6, 6.07) is 12.8. The zero-order chi connectivity index (χ0) is 15.4. The van der Waals surface area contributed by atoms with Crippen molar-refractivity contribution in [3.8, 4) is 11.5 Å². The lowest BCUT2D eigenvalue weighted by Crippen LogP contribution is -2.22. The number of ether oxygens (including phenoxy) is 1. The lowest BCUT2D eigenvalue weighted by molar-refractivity contribution is 0.469. The van der Waals surface area contributed by atoms with Gasteiger partial charge >= 0.3 is 0 Å². The van der Waals surface area contributed by atoms with E-state index in [-0.39, 0.29) is 0 Å². The molecule has 2 rings (SSSR count). The minimum Gasteiger partial charge on any atom is -0.457 e. The molecule has 0 saturated carbocycles. The van der Waals surface area contributed by atoms with Gasteiger partial charge in [-0.25, -0.2) is 0 Å². The molecule has 0 atom stereocenters. The third kappa shape index (κ3) is 4.58. The first-order valence-corrected chi connectivity index (χ1v) is 8.02. The van der Waals surface area contributed by atoms with Crippen LogP contribution in [0.3, 0.4) is 0 Å². The molecule has 0 saturated heterocycles. The molecule has 0 aromatic heterocycles. The molecule has 0 aliphatic carbocycles. The summed E-state index contributed by atoms with van der Waals surface area (Å²) in [7, 11) is 0. The summed E-state index contributed by atoms with van der Waals surface area (Å²) in [4.78, 5) is 0. The van der Waals surface area contributed by atoms with E-state index in [0.717, 1.165) is 28.1 Å². The normalized spacial score (nSPS) is 11.0. The van der Waals surface area contributed by atoms with Gasteiger partial charge in [0.1, 0.15) is 11.5 Å². The molecule has 0 radical (unpaired) electrons. The van der Waals surface area contributed by atoms with Gasteiger partial charge in [0.25, 0.3) is 0 Å². The standard InChI is InChI=1S/C18H22BrNO/c1-12(2)20-11-15-10-16(19)6-8-18(15)21-17-7-5-13(3)14(4)9-17/h5-10,12,20H,11H2,1-4H3. The number of aryl methyl sites for hydroxylation is 2. The smallest absolute Gasteiger partial charge is 0.131 e. The highest BCUT2D eigenvalue weighted by Crippen LogP contribution is 2.29. The Labute approximate surface area is 135 Å². The van der Waals surface area contributed by atoms with Crippen molar-refractivity contribution in [1.82, 2.24) is 5.32 Å². The zero-order valence-corrected chi connectivity index (χ0v) is 14.6. The summed E-state index contributed by atoms with van der Waals surface area (Å²) in [6.07, 6.45) is 0. The van der Waals surface area contributed by atoms with Gasteiger partial charge in [-0.05, 0) is 55.3 Å². The molecule has 2 aromatic carbocycles. The first-order valence-electron chi connectivity index (χ1n) is 7.22. The molecule has 2 aromatic rings. The Morgan fingerprint density at radius 2 is 1.81 bits per heavy atom. The number of benzene rings is 2. The second-order valence-electron chi connectivity index (χ2n) is 5.64. The minimum absolute atomic E-state index is 0.443. The van der Waals surface area contributed by atoms with Crippen LogP contribution in [-0.4, -0.2) is 6.04 Å². The summed E-state index contributed by atoms with van der Waals surface area (Å²) < 4.78 is 7.14. The third-order valence-corrected chi connectivity index (χ3v) is 3.92. The second kappa shape index (κ2) is 7.10. The van der Waals surface area contributed by atoms with E-state index in [2.05, 4.69) is 67.1 Å². The third-order valence-electron chi connectivity index (χ3n) is 3.43. The Balaban J connectivity index is 2.23. The molecule has 112 valence electrons. The summed E-state index contributed by atoms with van der Waals surface area (Å²) in [5, 5.41) is 3.43. The second-order valence-corrected chi connectivity index (χ2v) is 6.55. The fraction of sp³-hybridized carbons (Fsp3) is 0.333. The molecular weight excluding hydrogens is 326 g/mol. The van der Waals surface area contributed by atoms with Crippen molar-refractivity contribution in [2.75, 3.05) is 0 Å². The SMILES string of the molecule is Cc1ccc(Oc2ccc(Br)cc2CNC(C)C)cc1C. The molecule has 3 heteroatoms. The van der Waals surface area contributed by atoms with Gasteiger partial charge in [-0.1, -0.05) is 35.8 Å². The van der Waals surface area contributed by atoms with Gasteiger partial charge in [-0.3, -0.25) is 0 Å². The predicted octanol–water partition coefficient (Wildman–Crippen LogP) is 5.36.